The monoisotopic (exact) mass is 417 g/mol. The molecular weight excluding hydrogens is 399 g/mol. The lowest BCUT2D eigenvalue weighted by Gasteiger charge is -2.20. The van der Waals surface area contributed by atoms with Crippen molar-refractivity contribution in [3.8, 4) is 0 Å². The molecule has 3 N–H and O–H groups in total. The van der Waals surface area contributed by atoms with Crippen LogP contribution in [-0.4, -0.2) is 29.0 Å². The van der Waals surface area contributed by atoms with Gasteiger partial charge in [-0.05, 0) is 35.7 Å². The van der Waals surface area contributed by atoms with Crippen LogP contribution in [0.25, 0.3) is 0 Å². The van der Waals surface area contributed by atoms with Crippen LogP contribution in [0.15, 0.2) is 48.5 Å². The lowest BCUT2D eigenvalue weighted by Crippen LogP contribution is -2.29. The van der Waals surface area contributed by atoms with Gasteiger partial charge in [0.2, 0.25) is 0 Å². The first kappa shape index (κ1) is 22.0. The molecule has 0 aliphatic rings. The van der Waals surface area contributed by atoms with Gasteiger partial charge in [-0.1, -0.05) is 41.9 Å². The van der Waals surface area contributed by atoms with E-state index in [2.05, 4.69) is 5.32 Å². The summed E-state index contributed by atoms with van der Waals surface area (Å²) < 4.78 is 43.5. The molecular formula is C19H19ClF3NO4. The average Bonchev–Trinajstić information content (AvgIpc) is 2.65. The fourth-order valence-corrected chi connectivity index (χ4v) is 2.67. The van der Waals surface area contributed by atoms with Crippen molar-refractivity contribution in [2.45, 2.75) is 31.4 Å². The Bertz CT molecular complexity index is 786. The van der Waals surface area contributed by atoms with E-state index in [1.807, 2.05) is 6.07 Å². The van der Waals surface area contributed by atoms with E-state index in [-0.39, 0.29) is 30.2 Å². The van der Waals surface area contributed by atoms with Crippen LogP contribution < -0.4 is 5.32 Å². The van der Waals surface area contributed by atoms with E-state index in [4.69, 9.17) is 16.3 Å². The zero-order chi connectivity index (χ0) is 20.7. The van der Waals surface area contributed by atoms with Gasteiger partial charge >= 0.3 is 12.3 Å². The topological polar surface area (TPSA) is 78.8 Å². The number of benzene rings is 2. The van der Waals surface area contributed by atoms with E-state index in [9.17, 15) is 28.2 Å². The molecule has 2 unspecified atom stereocenters. The van der Waals surface area contributed by atoms with Gasteiger partial charge < -0.3 is 20.3 Å². The lowest BCUT2D eigenvalue weighted by atomic mass is 10.00. The van der Waals surface area contributed by atoms with Crippen molar-refractivity contribution in [1.29, 1.82) is 0 Å². The molecule has 0 spiro atoms. The average molecular weight is 418 g/mol. The number of halogens is 4. The number of ether oxygens (including phenoxy) is 1. The van der Waals surface area contributed by atoms with Gasteiger partial charge in [-0.3, -0.25) is 0 Å². The molecule has 1 amide bonds. The number of carbonyl (C=O) groups excluding carboxylic acids is 1. The molecule has 0 bridgehead atoms. The summed E-state index contributed by atoms with van der Waals surface area (Å²) in [6.07, 6.45) is -8.45. The third-order valence-corrected chi connectivity index (χ3v) is 4.09. The molecule has 0 aliphatic carbocycles. The van der Waals surface area contributed by atoms with Crippen LogP contribution in [0.4, 0.5) is 18.0 Å². The standard InChI is InChI=1S/C19H19ClF3NO4/c20-15-9-13(8-14(10-15)19(21,22)23)17(26)16(25)6-7-24-18(27)28-11-12-4-2-1-3-5-12/h1-5,8-10,16-17,25-26H,6-7,11H2,(H,24,27). The Kier molecular flexibility index (Phi) is 7.68. The maximum atomic E-state index is 12.8. The van der Waals surface area contributed by atoms with E-state index in [1.165, 1.54) is 0 Å². The predicted octanol–water partition coefficient (Wildman–Crippen LogP) is 4.07. The Morgan fingerprint density at radius 2 is 1.82 bits per heavy atom. The molecule has 0 fully saturated rings. The van der Waals surface area contributed by atoms with Crippen LogP contribution in [0.5, 0.6) is 0 Å². The van der Waals surface area contributed by atoms with E-state index in [1.54, 1.807) is 24.3 Å². The zero-order valence-electron chi connectivity index (χ0n) is 14.6. The number of rotatable bonds is 7. The molecule has 0 radical (unpaired) electrons. The lowest BCUT2D eigenvalue weighted by molar-refractivity contribution is -0.137. The minimum absolute atomic E-state index is 0.0431. The molecule has 0 saturated carbocycles. The summed E-state index contributed by atoms with van der Waals surface area (Å²) in [7, 11) is 0. The first-order valence-electron chi connectivity index (χ1n) is 8.35. The maximum Gasteiger partial charge on any atom is 0.416 e. The fraction of sp³-hybridized carbons (Fsp3) is 0.316. The van der Waals surface area contributed by atoms with Gasteiger partial charge in [0.1, 0.15) is 12.7 Å². The fourth-order valence-electron chi connectivity index (χ4n) is 2.42. The smallest absolute Gasteiger partial charge is 0.416 e. The molecule has 0 aromatic heterocycles. The second-order valence-electron chi connectivity index (χ2n) is 6.06. The minimum Gasteiger partial charge on any atom is -0.445 e. The summed E-state index contributed by atoms with van der Waals surface area (Å²) in [5, 5.41) is 22.3. The zero-order valence-corrected chi connectivity index (χ0v) is 15.4. The van der Waals surface area contributed by atoms with E-state index in [0.717, 1.165) is 23.8 Å². The first-order chi connectivity index (χ1) is 13.2. The third kappa shape index (κ3) is 6.70. The normalized spacial score (nSPS) is 13.6. The summed E-state index contributed by atoms with van der Waals surface area (Å²) in [6, 6.07) is 11.6. The number of nitrogens with one attached hydrogen (secondary N) is 1. The number of carbonyl (C=O) groups is 1. The molecule has 152 valence electrons. The molecule has 0 heterocycles. The van der Waals surface area contributed by atoms with Crippen molar-refractivity contribution in [2.24, 2.45) is 0 Å². The molecule has 2 atom stereocenters. The second-order valence-corrected chi connectivity index (χ2v) is 6.50. The van der Waals surface area contributed by atoms with E-state index in [0.29, 0.717) is 0 Å². The Hall–Kier alpha value is -2.29. The predicted molar refractivity (Wildman–Crippen MR) is 96.7 cm³/mol. The number of aliphatic hydroxyl groups excluding tert-OH is 2. The van der Waals surface area contributed by atoms with Crippen molar-refractivity contribution in [2.75, 3.05) is 6.54 Å². The van der Waals surface area contributed by atoms with Crippen LogP contribution in [0, 0.1) is 0 Å². The molecule has 0 aliphatic heterocycles. The van der Waals surface area contributed by atoms with Crippen molar-refractivity contribution in [3.63, 3.8) is 0 Å². The molecule has 2 rings (SSSR count). The molecule has 0 saturated heterocycles. The van der Waals surface area contributed by atoms with Gasteiger partial charge in [-0.15, -0.1) is 0 Å². The summed E-state index contributed by atoms with van der Waals surface area (Å²) in [6.45, 7) is 0.0269. The van der Waals surface area contributed by atoms with Crippen molar-refractivity contribution < 1.29 is 32.9 Å². The molecule has 28 heavy (non-hydrogen) atoms. The highest BCUT2D eigenvalue weighted by atomic mass is 35.5. The summed E-state index contributed by atoms with van der Waals surface area (Å²) in [5.41, 5.74) is -0.391. The van der Waals surface area contributed by atoms with Crippen LogP contribution in [0.2, 0.25) is 5.02 Å². The molecule has 9 heteroatoms. The van der Waals surface area contributed by atoms with Crippen LogP contribution >= 0.6 is 11.6 Å². The van der Waals surface area contributed by atoms with Crippen LogP contribution in [0.1, 0.15) is 29.2 Å². The van der Waals surface area contributed by atoms with Crippen molar-refractivity contribution >= 4 is 17.7 Å². The Balaban J connectivity index is 1.83. The Labute approximate surface area is 164 Å². The molecule has 2 aromatic rings. The van der Waals surface area contributed by atoms with Gasteiger partial charge in [0.25, 0.3) is 0 Å². The number of alkyl carbamates (subject to hydrolysis) is 1. The van der Waals surface area contributed by atoms with Gasteiger partial charge in [-0.2, -0.15) is 13.2 Å². The Morgan fingerprint density at radius 3 is 2.46 bits per heavy atom. The number of alkyl halides is 3. The van der Waals surface area contributed by atoms with Crippen LogP contribution in [0.3, 0.4) is 0 Å². The highest BCUT2D eigenvalue weighted by Crippen LogP contribution is 2.34. The number of aliphatic hydroxyl groups is 2. The molecule has 5 nitrogen and oxygen atoms in total. The number of amides is 1. The Morgan fingerprint density at radius 1 is 1.14 bits per heavy atom. The third-order valence-electron chi connectivity index (χ3n) is 3.88. The highest BCUT2D eigenvalue weighted by molar-refractivity contribution is 6.30. The SMILES string of the molecule is O=C(NCCC(O)C(O)c1cc(Cl)cc(C(F)(F)F)c1)OCc1ccccc1. The number of hydrogen-bond donors (Lipinski definition) is 3. The van der Waals surface area contributed by atoms with Crippen molar-refractivity contribution in [1.82, 2.24) is 5.32 Å². The molecule has 2 aromatic carbocycles. The van der Waals surface area contributed by atoms with Crippen molar-refractivity contribution in [3.05, 3.63) is 70.2 Å². The van der Waals surface area contributed by atoms with Crippen LogP contribution in [-0.2, 0) is 17.5 Å². The maximum absolute atomic E-state index is 12.8. The van der Waals surface area contributed by atoms with Gasteiger partial charge in [-0.25, -0.2) is 4.79 Å². The van der Waals surface area contributed by atoms with E-state index >= 15 is 0 Å². The van der Waals surface area contributed by atoms with Gasteiger partial charge in [0, 0.05) is 11.6 Å². The minimum atomic E-state index is -4.63. The van der Waals surface area contributed by atoms with Gasteiger partial charge in [0.05, 0.1) is 11.7 Å². The summed E-state index contributed by atoms with van der Waals surface area (Å²) in [5.74, 6) is 0. The highest BCUT2D eigenvalue weighted by Gasteiger charge is 2.32. The second kappa shape index (κ2) is 9.77. The van der Waals surface area contributed by atoms with Gasteiger partial charge in [0.15, 0.2) is 0 Å². The number of hydrogen-bond acceptors (Lipinski definition) is 4. The summed E-state index contributed by atoms with van der Waals surface area (Å²) >= 11 is 5.67. The quantitative estimate of drug-likeness (QED) is 0.634. The van der Waals surface area contributed by atoms with E-state index < -0.39 is 30.0 Å². The summed E-state index contributed by atoms with van der Waals surface area (Å²) in [4.78, 5) is 11.6. The first-order valence-corrected chi connectivity index (χ1v) is 8.73. The largest absolute Gasteiger partial charge is 0.445 e.